The highest BCUT2D eigenvalue weighted by molar-refractivity contribution is 6.04. The lowest BCUT2D eigenvalue weighted by Gasteiger charge is -2.35. The second-order valence-corrected chi connectivity index (χ2v) is 5.05. The van der Waals surface area contributed by atoms with Crippen LogP contribution in [0.4, 0.5) is 0 Å². The molecule has 0 aromatic heterocycles. The minimum absolute atomic E-state index is 0.00566. The van der Waals surface area contributed by atoms with Crippen LogP contribution in [0.1, 0.15) is 52.9 Å². The molecule has 19 heavy (non-hydrogen) atoms. The van der Waals surface area contributed by atoms with Crippen molar-refractivity contribution >= 4 is 17.7 Å². The molecule has 5 nitrogen and oxygen atoms in total. The molecule has 1 fully saturated rings. The molecule has 0 aliphatic carbocycles. The molecule has 1 heterocycles. The quantitative estimate of drug-likeness (QED) is 0.742. The summed E-state index contributed by atoms with van der Waals surface area (Å²) in [7, 11) is 0. The van der Waals surface area contributed by atoms with Crippen molar-refractivity contribution in [3.63, 3.8) is 0 Å². The fourth-order valence-corrected chi connectivity index (χ4v) is 2.49. The Hall–Kier alpha value is -1.39. The lowest BCUT2D eigenvalue weighted by atomic mass is 9.96. The minimum atomic E-state index is -0.499. The number of rotatable bonds is 6. The van der Waals surface area contributed by atoms with Gasteiger partial charge in [-0.05, 0) is 19.3 Å². The van der Waals surface area contributed by atoms with E-state index >= 15 is 0 Å². The molecular weight excluding hydrogens is 244 g/mol. The molecule has 0 aromatic rings. The number of piperazine rings is 1. The molecular formula is C14H24N2O3. The molecule has 2 atom stereocenters. The Bertz CT molecular complexity index is 355. The first kappa shape index (κ1) is 15.7. The average Bonchev–Trinajstić information content (AvgIpc) is 2.38. The molecule has 2 unspecified atom stereocenters. The second kappa shape index (κ2) is 7.26. The van der Waals surface area contributed by atoms with Crippen LogP contribution in [0, 0.1) is 5.92 Å². The summed E-state index contributed by atoms with van der Waals surface area (Å²) >= 11 is 0. The number of amides is 3. The van der Waals surface area contributed by atoms with Gasteiger partial charge in [0.25, 0.3) is 0 Å². The molecule has 1 N–H and O–H groups in total. The zero-order valence-electron chi connectivity index (χ0n) is 12.1. The molecule has 1 aliphatic heterocycles. The third-order valence-electron chi connectivity index (χ3n) is 3.67. The smallest absolute Gasteiger partial charge is 0.249 e. The highest BCUT2D eigenvalue weighted by atomic mass is 16.2. The molecule has 0 bridgehead atoms. The summed E-state index contributed by atoms with van der Waals surface area (Å²) in [4.78, 5) is 37.2. The highest BCUT2D eigenvalue weighted by Crippen LogP contribution is 2.20. The summed E-state index contributed by atoms with van der Waals surface area (Å²) in [6, 6.07) is -0.499. The Morgan fingerprint density at radius 1 is 1.37 bits per heavy atom. The summed E-state index contributed by atoms with van der Waals surface area (Å²) in [5.74, 6) is -0.857. The number of imide groups is 1. The van der Waals surface area contributed by atoms with Crippen LogP contribution < -0.4 is 5.32 Å². The summed E-state index contributed by atoms with van der Waals surface area (Å²) in [5.41, 5.74) is 0. The third kappa shape index (κ3) is 3.78. The number of carbonyl (C=O) groups is 3. The molecule has 108 valence electrons. The molecule has 0 spiro atoms. The summed E-state index contributed by atoms with van der Waals surface area (Å²) < 4.78 is 0. The van der Waals surface area contributed by atoms with Crippen LogP contribution in [0.25, 0.3) is 0 Å². The fourth-order valence-electron chi connectivity index (χ4n) is 2.49. The van der Waals surface area contributed by atoms with Crippen molar-refractivity contribution in [2.75, 3.05) is 6.54 Å². The molecule has 5 heteroatoms. The second-order valence-electron chi connectivity index (χ2n) is 5.05. The SMILES string of the molecule is CCCCC(CC)C(=O)N1CC(=O)NC(=O)C1CC. The molecule has 1 saturated heterocycles. The van der Waals surface area contributed by atoms with Crippen LogP contribution >= 0.6 is 0 Å². The van der Waals surface area contributed by atoms with Gasteiger partial charge in [0.15, 0.2) is 0 Å². The summed E-state index contributed by atoms with van der Waals surface area (Å²) in [6.07, 6.45) is 4.15. The van der Waals surface area contributed by atoms with E-state index in [2.05, 4.69) is 12.2 Å². The van der Waals surface area contributed by atoms with Crippen molar-refractivity contribution < 1.29 is 14.4 Å². The molecule has 1 aliphatic rings. The molecule has 0 radical (unpaired) electrons. The van der Waals surface area contributed by atoms with Gasteiger partial charge in [0.2, 0.25) is 17.7 Å². The van der Waals surface area contributed by atoms with E-state index < -0.39 is 6.04 Å². The lowest BCUT2D eigenvalue weighted by molar-refractivity contribution is -0.152. The molecule has 3 amide bonds. The highest BCUT2D eigenvalue weighted by Gasteiger charge is 2.37. The Labute approximate surface area is 114 Å². The van der Waals surface area contributed by atoms with Crippen molar-refractivity contribution in [3.8, 4) is 0 Å². The standard InChI is InChI=1S/C14H24N2O3/c1-4-7-8-10(5-2)14(19)16-9-12(17)15-13(18)11(16)6-3/h10-11H,4-9H2,1-3H3,(H,15,17,18). The van der Waals surface area contributed by atoms with Gasteiger partial charge in [-0.15, -0.1) is 0 Å². The predicted octanol–water partition coefficient (Wildman–Crippen LogP) is 1.47. The summed E-state index contributed by atoms with van der Waals surface area (Å²) in [5, 5.41) is 2.29. The minimum Gasteiger partial charge on any atom is -0.321 e. The number of carbonyl (C=O) groups excluding carboxylic acids is 3. The topological polar surface area (TPSA) is 66.5 Å². The van der Waals surface area contributed by atoms with E-state index in [-0.39, 0.29) is 30.2 Å². The number of unbranched alkanes of at least 4 members (excludes halogenated alkanes) is 1. The van der Waals surface area contributed by atoms with E-state index in [0.29, 0.717) is 6.42 Å². The number of hydrogen-bond donors (Lipinski definition) is 1. The van der Waals surface area contributed by atoms with E-state index in [1.807, 2.05) is 13.8 Å². The predicted molar refractivity (Wildman–Crippen MR) is 72.2 cm³/mol. The van der Waals surface area contributed by atoms with Gasteiger partial charge in [-0.2, -0.15) is 0 Å². The van der Waals surface area contributed by atoms with E-state index in [1.165, 1.54) is 4.90 Å². The summed E-state index contributed by atoms with van der Waals surface area (Å²) in [6.45, 7) is 5.92. The maximum atomic E-state index is 12.5. The van der Waals surface area contributed by atoms with Gasteiger partial charge < -0.3 is 4.90 Å². The number of hydrogen-bond acceptors (Lipinski definition) is 3. The normalized spacial score (nSPS) is 21.2. The Kier molecular flexibility index (Phi) is 5.99. The van der Waals surface area contributed by atoms with Crippen molar-refractivity contribution in [3.05, 3.63) is 0 Å². The number of nitrogens with one attached hydrogen (secondary N) is 1. The van der Waals surface area contributed by atoms with Crippen LogP contribution in [-0.2, 0) is 14.4 Å². The first-order valence-electron chi connectivity index (χ1n) is 7.19. The first-order valence-corrected chi connectivity index (χ1v) is 7.19. The average molecular weight is 268 g/mol. The molecule has 0 saturated carbocycles. The largest absolute Gasteiger partial charge is 0.321 e. The Balaban J connectivity index is 2.80. The zero-order valence-corrected chi connectivity index (χ0v) is 12.1. The van der Waals surface area contributed by atoms with Crippen molar-refractivity contribution in [1.82, 2.24) is 10.2 Å². The van der Waals surface area contributed by atoms with Crippen LogP contribution in [-0.4, -0.2) is 35.2 Å². The van der Waals surface area contributed by atoms with Gasteiger partial charge in [-0.1, -0.05) is 33.6 Å². The van der Waals surface area contributed by atoms with Gasteiger partial charge in [-0.3, -0.25) is 19.7 Å². The van der Waals surface area contributed by atoms with Crippen LogP contribution in [0.3, 0.4) is 0 Å². The van der Waals surface area contributed by atoms with Gasteiger partial charge in [0.1, 0.15) is 12.6 Å². The van der Waals surface area contributed by atoms with E-state index in [1.54, 1.807) is 0 Å². The van der Waals surface area contributed by atoms with Crippen LogP contribution in [0.15, 0.2) is 0 Å². The third-order valence-corrected chi connectivity index (χ3v) is 3.67. The van der Waals surface area contributed by atoms with Gasteiger partial charge in [0, 0.05) is 5.92 Å². The Morgan fingerprint density at radius 3 is 2.58 bits per heavy atom. The van der Waals surface area contributed by atoms with E-state index in [4.69, 9.17) is 0 Å². The van der Waals surface area contributed by atoms with Crippen LogP contribution in [0.5, 0.6) is 0 Å². The monoisotopic (exact) mass is 268 g/mol. The maximum absolute atomic E-state index is 12.5. The van der Waals surface area contributed by atoms with Crippen molar-refractivity contribution in [2.45, 2.75) is 58.9 Å². The van der Waals surface area contributed by atoms with Crippen molar-refractivity contribution in [2.24, 2.45) is 5.92 Å². The van der Waals surface area contributed by atoms with Crippen molar-refractivity contribution in [1.29, 1.82) is 0 Å². The number of nitrogens with zero attached hydrogens (tertiary/aromatic N) is 1. The first-order chi connectivity index (χ1) is 9.04. The van der Waals surface area contributed by atoms with Crippen LogP contribution in [0.2, 0.25) is 0 Å². The zero-order chi connectivity index (χ0) is 14.4. The van der Waals surface area contributed by atoms with Gasteiger partial charge >= 0.3 is 0 Å². The lowest BCUT2D eigenvalue weighted by Crippen LogP contribution is -2.60. The molecule has 0 aromatic carbocycles. The fraction of sp³-hybridized carbons (Fsp3) is 0.786. The van der Waals surface area contributed by atoms with Gasteiger partial charge in [0.05, 0.1) is 0 Å². The Morgan fingerprint density at radius 2 is 2.05 bits per heavy atom. The van der Waals surface area contributed by atoms with E-state index in [9.17, 15) is 14.4 Å². The van der Waals surface area contributed by atoms with Gasteiger partial charge in [-0.25, -0.2) is 0 Å². The molecule has 1 rings (SSSR count). The van der Waals surface area contributed by atoms with E-state index in [0.717, 1.165) is 25.7 Å². The maximum Gasteiger partial charge on any atom is 0.249 e.